The molecule has 0 heterocycles. The molecule has 104 valence electrons. The third-order valence-corrected chi connectivity index (χ3v) is 2.53. The Balaban J connectivity index is 2.56. The first-order valence-corrected chi connectivity index (χ1v) is 6.78. The molecule has 0 spiro atoms. The van der Waals surface area contributed by atoms with Gasteiger partial charge in [-0.3, -0.25) is 0 Å². The van der Waals surface area contributed by atoms with Gasteiger partial charge in [0.15, 0.2) is 0 Å². The zero-order chi connectivity index (χ0) is 14.1. The van der Waals surface area contributed by atoms with E-state index in [9.17, 15) is 4.39 Å². The lowest BCUT2D eigenvalue weighted by Gasteiger charge is -2.10. The molecule has 19 heavy (non-hydrogen) atoms. The molecule has 0 N–H and O–H groups in total. The fourth-order valence-corrected chi connectivity index (χ4v) is 1.60. The van der Waals surface area contributed by atoms with E-state index < -0.39 is 0 Å². The number of halogens is 2. The van der Waals surface area contributed by atoms with Gasteiger partial charge in [-0.15, -0.1) is 11.6 Å². The number of rotatable bonds is 6. The van der Waals surface area contributed by atoms with Crippen LogP contribution in [-0.4, -0.2) is 38.0 Å². The smallest absolute Gasteiger partial charge is 0.128 e. The Labute approximate surface area is 119 Å². The van der Waals surface area contributed by atoms with Gasteiger partial charge in [-0.1, -0.05) is 11.8 Å². The first-order chi connectivity index (χ1) is 9.11. The highest BCUT2D eigenvalue weighted by Gasteiger charge is 2.00. The molecule has 0 amide bonds. The van der Waals surface area contributed by atoms with Crippen molar-refractivity contribution in [1.29, 1.82) is 0 Å². The van der Waals surface area contributed by atoms with Gasteiger partial charge in [0.25, 0.3) is 0 Å². The van der Waals surface area contributed by atoms with Gasteiger partial charge in [-0.25, -0.2) is 4.39 Å². The molecule has 1 aromatic carbocycles. The Morgan fingerprint density at radius 3 is 2.79 bits per heavy atom. The molecule has 2 nitrogen and oxygen atoms in total. The maximum Gasteiger partial charge on any atom is 0.128 e. The molecular formula is C15H19ClFNO. The molecule has 1 rings (SSSR count). The average molecular weight is 284 g/mol. The molecule has 0 bridgehead atoms. The summed E-state index contributed by atoms with van der Waals surface area (Å²) in [6.07, 6.45) is 1.49. The largest absolute Gasteiger partial charge is 0.493 e. The minimum absolute atomic E-state index is 0.333. The van der Waals surface area contributed by atoms with E-state index >= 15 is 0 Å². The van der Waals surface area contributed by atoms with Crippen LogP contribution < -0.4 is 4.74 Å². The van der Waals surface area contributed by atoms with Crippen LogP contribution in [0.4, 0.5) is 4.39 Å². The monoisotopic (exact) mass is 283 g/mol. The van der Waals surface area contributed by atoms with E-state index in [1.165, 1.54) is 12.1 Å². The normalized spacial score (nSPS) is 10.2. The molecule has 1 aromatic rings. The highest BCUT2D eigenvalue weighted by Crippen LogP contribution is 2.16. The topological polar surface area (TPSA) is 12.5 Å². The quantitative estimate of drug-likeness (QED) is 0.452. The van der Waals surface area contributed by atoms with Gasteiger partial charge in [-0.2, -0.15) is 0 Å². The summed E-state index contributed by atoms with van der Waals surface area (Å²) < 4.78 is 18.9. The molecule has 0 aliphatic heterocycles. The minimum atomic E-state index is -0.333. The molecule has 0 aromatic heterocycles. The summed E-state index contributed by atoms with van der Waals surface area (Å²) in [6.45, 7) is 1.51. The molecule has 0 atom stereocenters. The van der Waals surface area contributed by atoms with Crippen LogP contribution >= 0.6 is 11.6 Å². The van der Waals surface area contributed by atoms with Crippen molar-refractivity contribution in [3.05, 3.63) is 29.6 Å². The molecule has 4 heteroatoms. The number of nitrogens with zero attached hydrogens (tertiary/aromatic N) is 1. The maximum atomic E-state index is 13.4. The van der Waals surface area contributed by atoms with Crippen molar-refractivity contribution in [2.45, 2.75) is 12.8 Å². The zero-order valence-electron chi connectivity index (χ0n) is 11.4. The van der Waals surface area contributed by atoms with Crippen molar-refractivity contribution in [2.75, 3.05) is 33.1 Å². The summed E-state index contributed by atoms with van der Waals surface area (Å²) in [5.74, 6) is 6.42. The van der Waals surface area contributed by atoms with Gasteiger partial charge in [0.05, 0.1) is 6.61 Å². The second-order valence-electron chi connectivity index (χ2n) is 4.42. The fraction of sp³-hybridized carbons (Fsp3) is 0.467. The number of hydrogen-bond donors (Lipinski definition) is 0. The Morgan fingerprint density at radius 2 is 2.11 bits per heavy atom. The van der Waals surface area contributed by atoms with Crippen LogP contribution in [0.25, 0.3) is 0 Å². The molecule has 0 saturated heterocycles. The molecule has 0 aliphatic carbocycles. The van der Waals surface area contributed by atoms with E-state index in [0.29, 0.717) is 30.2 Å². The van der Waals surface area contributed by atoms with Crippen LogP contribution in [0.15, 0.2) is 18.2 Å². The van der Waals surface area contributed by atoms with Gasteiger partial charge < -0.3 is 9.64 Å². The predicted octanol–water partition coefficient (Wildman–Crippen LogP) is 3.14. The van der Waals surface area contributed by atoms with Gasteiger partial charge in [0.1, 0.15) is 11.6 Å². The van der Waals surface area contributed by atoms with E-state index in [0.717, 1.165) is 13.0 Å². The highest BCUT2D eigenvalue weighted by molar-refractivity contribution is 6.18. The summed E-state index contributed by atoms with van der Waals surface area (Å²) >= 11 is 5.54. The van der Waals surface area contributed by atoms with E-state index in [1.54, 1.807) is 6.07 Å². The number of alkyl halides is 1. The first kappa shape index (κ1) is 15.8. The van der Waals surface area contributed by atoms with Crippen molar-refractivity contribution in [3.63, 3.8) is 0 Å². The first-order valence-electron chi connectivity index (χ1n) is 6.25. The third kappa shape index (κ3) is 7.05. The summed E-state index contributed by atoms with van der Waals surface area (Å²) in [5.41, 5.74) is 0.618. The molecule has 0 unspecified atom stereocenters. The fourth-order valence-electron chi connectivity index (χ4n) is 1.50. The Morgan fingerprint density at radius 1 is 1.32 bits per heavy atom. The summed E-state index contributed by atoms with van der Waals surface area (Å²) in [7, 11) is 4.01. The Hall–Kier alpha value is -1.24. The lowest BCUT2D eigenvalue weighted by atomic mass is 10.2. The van der Waals surface area contributed by atoms with Crippen molar-refractivity contribution >= 4 is 11.6 Å². The highest BCUT2D eigenvalue weighted by atomic mass is 35.5. The molecule has 0 fully saturated rings. The second-order valence-corrected chi connectivity index (χ2v) is 4.80. The standard InChI is InChI=1S/C15H19ClFNO/c1-18(2)8-5-9-19-15-11-13(6-3-4-7-16)10-14(17)12-15/h10-12H,4-5,7-9H2,1-2H3. The van der Waals surface area contributed by atoms with E-state index in [1.807, 2.05) is 14.1 Å². The molecule has 0 radical (unpaired) electrons. The summed E-state index contributed by atoms with van der Waals surface area (Å²) in [6, 6.07) is 4.52. The van der Waals surface area contributed by atoms with Crippen LogP contribution in [0.5, 0.6) is 5.75 Å². The van der Waals surface area contributed by atoms with E-state index in [-0.39, 0.29) is 5.82 Å². The number of hydrogen-bond acceptors (Lipinski definition) is 2. The third-order valence-electron chi connectivity index (χ3n) is 2.34. The second kappa shape index (κ2) is 8.79. The van der Waals surface area contributed by atoms with Gasteiger partial charge in [0.2, 0.25) is 0 Å². The van der Waals surface area contributed by atoms with E-state index in [2.05, 4.69) is 16.7 Å². The van der Waals surface area contributed by atoms with Crippen molar-refractivity contribution < 1.29 is 9.13 Å². The van der Waals surface area contributed by atoms with Crippen molar-refractivity contribution in [1.82, 2.24) is 4.90 Å². The van der Waals surface area contributed by atoms with Crippen LogP contribution in [-0.2, 0) is 0 Å². The average Bonchev–Trinajstić information content (AvgIpc) is 2.34. The van der Waals surface area contributed by atoms with Crippen LogP contribution in [0.2, 0.25) is 0 Å². The van der Waals surface area contributed by atoms with Crippen LogP contribution in [0.3, 0.4) is 0 Å². The summed E-state index contributed by atoms with van der Waals surface area (Å²) in [4.78, 5) is 2.08. The zero-order valence-corrected chi connectivity index (χ0v) is 12.1. The Kier molecular flexibility index (Phi) is 7.32. The SMILES string of the molecule is CN(C)CCCOc1cc(F)cc(C#CCCCl)c1. The van der Waals surface area contributed by atoms with E-state index in [4.69, 9.17) is 16.3 Å². The minimum Gasteiger partial charge on any atom is -0.493 e. The van der Waals surface area contributed by atoms with Crippen molar-refractivity contribution in [3.8, 4) is 17.6 Å². The summed E-state index contributed by atoms with van der Waals surface area (Å²) in [5, 5.41) is 0. The lowest BCUT2D eigenvalue weighted by molar-refractivity contribution is 0.280. The molecule has 0 saturated carbocycles. The molecule has 0 aliphatic rings. The van der Waals surface area contributed by atoms with Crippen LogP contribution in [0, 0.1) is 17.7 Å². The van der Waals surface area contributed by atoms with Gasteiger partial charge in [-0.05, 0) is 32.6 Å². The van der Waals surface area contributed by atoms with Crippen molar-refractivity contribution in [2.24, 2.45) is 0 Å². The number of ether oxygens (including phenoxy) is 1. The van der Waals surface area contributed by atoms with Gasteiger partial charge >= 0.3 is 0 Å². The maximum absolute atomic E-state index is 13.4. The lowest BCUT2D eigenvalue weighted by Crippen LogP contribution is -2.15. The predicted molar refractivity (Wildman–Crippen MR) is 77.3 cm³/mol. The molecular weight excluding hydrogens is 265 g/mol. The number of benzene rings is 1. The van der Waals surface area contributed by atoms with Gasteiger partial charge in [0, 0.05) is 30.5 Å². The van der Waals surface area contributed by atoms with Crippen LogP contribution in [0.1, 0.15) is 18.4 Å². The Bertz CT molecular complexity index is 451.